The molecule has 0 spiro atoms. The zero-order valence-corrected chi connectivity index (χ0v) is 12.0. The Morgan fingerprint density at radius 2 is 1.76 bits per heavy atom. The zero-order chi connectivity index (χ0) is 15.5. The molecule has 8 heteroatoms. The lowest BCUT2D eigenvalue weighted by atomic mass is 9.81. The Labute approximate surface area is 123 Å². The lowest BCUT2D eigenvalue weighted by molar-refractivity contribution is 0.415. The van der Waals surface area contributed by atoms with E-state index in [2.05, 4.69) is 4.72 Å². The van der Waals surface area contributed by atoms with Crippen LogP contribution in [0.3, 0.4) is 0 Å². The topological polar surface area (TPSA) is 95.9 Å². The second-order valence-corrected chi connectivity index (χ2v) is 5.96. The molecule has 0 aliphatic heterocycles. The van der Waals surface area contributed by atoms with E-state index in [1.807, 2.05) is 0 Å². The first-order valence-electron chi connectivity index (χ1n) is 6.05. The van der Waals surface area contributed by atoms with Gasteiger partial charge in [0, 0.05) is 6.07 Å². The Kier molecular flexibility index (Phi) is 4.51. The molecule has 0 amide bonds. The zero-order valence-electron chi connectivity index (χ0n) is 11.2. The number of ether oxygens (including phenoxy) is 1. The summed E-state index contributed by atoms with van der Waals surface area (Å²) in [5.41, 5.74) is 0.593. The van der Waals surface area contributed by atoms with Gasteiger partial charge in [-0.05, 0) is 29.7 Å². The summed E-state index contributed by atoms with van der Waals surface area (Å²) in [6.07, 6.45) is 0. The Hall–Kier alpha value is -2.03. The fourth-order valence-electron chi connectivity index (χ4n) is 1.72. The van der Waals surface area contributed by atoms with Crippen LogP contribution in [0.15, 0.2) is 53.4 Å². The fourth-order valence-corrected chi connectivity index (χ4v) is 2.77. The van der Waals surface area contributed by atoms with E-state index in [1.54, 1.807) is 24.3 Å². The van der Waals surface area contributed by atoms with E-state index in [-0.39, 0.29) is 10.4 Å². The van der Waals surface area contributed by atoms with Gasteiger partial charge in [0.1, 0.15) is 5.75 Å². The number of benzene rings is 2. The van der Waals surface area contributed by atoms with Gasteiger partial charge in [-0.15, -0.1) is 0 Å². The van der Waals surface area contributed by atoms with Crippen molar-refractivity contribution in [3.8, 4) is 5.75 Å². The van der Waals surface area contributed by atoms with Crippen LogP contribution in [0.5, 0.6) is 5.75 Å². The standard InChI is InChI=1S/C13H14BNO5S/c1-20-12-4-2-3-11(9-12)15-21(18,19)13-7-5-10(6-8-13)14(16)17/h2-9,15-17H,1H3. The summed E-state index contributed by atoms with van der Waals surface area (Å²) in [7, 11) is -3.89. The van der Waals surface area contributed by atoms with Gasteiger partial charge in [0.2, 0.25) is 0 Å². The van der Waals surface area contributed by atoms with Crippen molar-refractivity contribution in [2.24, 2.45) is 0 Å². The average Bonchev–Trinajstić information content (AvgIpc) is 2.47. The number of methoxy groups -OCH3 is 1. The number of hydrogen-bond donors (Lipinski definition) is 3. The Balaban J connectivity index is 2.25. The van der Waals surface area contributed by atoms with E-state index in [4.69, 9.17) is 14.8 Å². The molecule has 2 aromatic rings. The van der Waals surface area contributed by atoms with E-state index < -0.39 is 17.1 Å². The molecule has 2 rings (SSSR count). The van der Waals surface area contributed by atoms with Gasteiger partial charge >= 0.3 is 7.12 Å². The maximum atomic E-state index is 12.2. The van der Waals surface area contributed by atoms with Crippen LogP contribution in [0.25, 0.3) is 0 Å². The summed E-state index contributed by atoms with van der Waals surface area (Å²) in [6.45, 7) is 0. The summed E-state index contributed by atoms with van der Waals surface area (Å²) in [5, 5.41) is 18.0. The molecule has 0 aliphatic carbocycles. The average molecular weight is 307 g/mol. The third kappa shape index (κ3) is 3.75. The van der Waals surface area contributed by atoms with Crippen LogP contribution in [0.2, 0.25) is 0 Å². The normalized spacial score (nSPS) is 11.0. The van der Waals surface area contributed by atoms with Gasteiger partial charge in [0.15, 0.2) is 0 Å². The molecule has 0 aromatic heterocycles. The maximum Gasteiger partial charge on any atom is 0.488 e. The minimum Gasteiger partial charge on any atom is -0.497 e. The van der Waals surface area contributed by atoms with E-state index in [0.29, 0.717) is 11.4 Å². The van der Waals surface area contributed by atoms with Crippen LogP contribution in [-0.2, 0) is 10.0 Å². The van der Waals surface area contributed by atoms with Crippen LogP contribution < -0.4 is 14.9 Å². The van der Waals surface area contributed by atoms with Gasteiger partial charge in [0.25, 0.3) is 10.0 Å². The molecule has 6 nitrogen and oxygen atoms in total. The predicted molar refractivity (Wildman–Crippen MR) is 80.1 cm³/mol. The van der Waals surface area contributed by atoms with E-state index >= 15 is 0 Å². The number of anilines is 1. The molecule has 0 saturated heterocycles. The quantitative estimate of drug-likeness (QED) is 0.685. The highest BCUT2D eigenvalue weighted by atomic mass is 32.2. The number of rotatable bonds is 5. The van der Waals surface area contributed by atoms with Crippen LogP contribution in [0, 0.1) is 0 Å². The Morgan fingerprint density at radius 1 is 1.10 bits per heavy atom. The number of sulfonamides is 1. The van der Waals surface area contributed by atoms with Gasteiger partial charge in [0.05, 0.1) is 17.7 Å². The third-order valence-corrected chi connectivity index (χ3v) is 4.21. The SMILES string of the molecule is COc1cccc(NS(=O)(=O)c2ccc(B(O)O)cc2)c1. The highest BCUT2D eigenvalue weighted by Gasteiger charge is 2.16. The first-order chi connectivity index (χ1) is 9.92. The van der Waals surface area contributed by atoms with Gasteiger partial charge in [-0.25, -0.2) is 8.42 Å². The third-order valence-electron chi connectivity index (χ3n) is 2.81. The van der Waals surface area contributed by atoms with Crippen LogP contribution in [-0.4, -0.2) is 32.7 Å². The molecule has 110 valence electrons. The molecule has 0 fully saturated rings. The number of nitrogens with one attached hydrogen (secondary N) is 1. The summed E-state index contributed by atoms with van der Waals surface area (Å²) in [6, 6.07) is 11.8. The summed E-state index contributed by atoms with van der Waals surface area (Å²) < 4.78 is 31.9. The largest absolute Gasteiger partial charge is 0.497 e. The molecular weight excluding hydrogens is 293 g/mol. The molecule has 0 aliphatic rings. The van der Waals surface area contributed by atoms with Crippen LogP contribution in [0.1, 0.15) is 0 Å². The molecule has 21 heavy (non-hydrogen) atoms. The Bertz CT molecular complexity index is 716. The van der Waals surface area contributed by atoms with Gasteiger partial charge in [-0.2, -0.15) is 0 Å². The maximum absolute atomic E-state index is 12.2. The van der Waals surface area contributed by atoms with Crippen LogP contribution >= 0.6 is 0 Å². The molecule has 0 heterocycles. The lowest BCUT2D eigenvalue weighted by Gasteiger charge is -2.09. The van der Waals surface area contributed by atoms with E-state index in [1.165, 1.54) is 31.4 Å². The second-order valence-electron chi connectivity index (χ2n) is 4.28. The second kappa shape index (κ2) is 6.17. The lowest BCUT2D eigenvalue weighted by Crippen LogP contribution is -2.29. The first kappa shape index (κ1) is 15.4. The Morgan fingerprint density at radius 3 is 2.33 bits per heavy atom. The minimum atomic E-state index is -3.75. The molecule has 0 atom stereocenters. The van der Waals surface area contributed by atoms with Gasteiger partial charge < -0.3 is 14.8 Å². The van der Waals surface area contributed by atoms with Gasteiger partial charge in [-0.1, -0.05) is 18.2 Å². The molecular formula is C13H14BNO5S. The first-order valence-corrected chi connectivity index (χ1v) is 7.53. The fraction of sp³-hybridized carbons (Fsp3) is 0.0769. The summed E-state index contributed by atoms with van der Waals surface area (Å²) >= 11 is 0. The van der Waals surface area contributed by atoms with E-state index in [0.717, 1.165) is 0 Å². The smallest absolute Gasteiger partial charge is 0.488 e. The predicted octanol–water partition coefficient (Wildman–Crippen LogP) is 0.176. The van der Waals surface area contributed by atoms with Crippen molar-refractivity contribution in [1.29, 1.82) is 0 Å². The van der Waals surface area contributed by atoms with Gasteiger partial charge in [-0.3, -0.25) is 4.72 Å². The molecule has 2 aromatic carbocycles. The van der Waals surface area contributed by atoms with Crippen molar-refractivity contribution in [3.63, 3.8) is 0 Å². The monoisotopic (exact) mass is 307 g/mol. The van der Waals surface area contributed by atoms with Crippen molar-refractivity contribution < 1.29 is 23.2 Å². The molecule has 0 radical (unpaired) electrons. The van der Waals surface area contributed by atoms with Crippen molar-refractivity contribution in [2.75, 3.05) is 11.8 Å². The highest BCUT2D eigenvalue weighted by molar-refractivity contribution is 7.92. The summed E-state index contributed by atoms with van der Waals surface area (Å²) in [5.74, 6) is 0.536. The minimum absolute atomic E-state index is 0.0229. The van der Waals surface area contributed by atoms with Crippen molar-refractivity contribution >= 4 is 28.3 Å². The molecule has 0 saturated carbocycles. The van der Waals surface area contributed by atoms with Crippen molar-refractivity contribution in [3.05, 3.63) is 48.5 Å². The number of hydrogen-bond acceptors (Lipinski definition) is 5. The van der Waals surface area contributed by atoms with Crippen molar-refractivity contribution in [1.82, 2.24) is 0 Å². The van der Waals surface area contributed by atoms with E-state index in [9.17, 15) is 8.42 Å². The van der Waals surface area contributed by atoms with Crippen LogP contribution in [0.4, 0.5) is 5.69 Å². The highest BCUT2D eigenvalue weighted by Crippen LogP contribution is 2.20. The molecule has 3 N–H and O–H groups in total. The molecule has 0 unspecified atom stereocenters. The molecule has 0 bridgehead atoms. The summed E-state index contributed by atoms with van der Waals surface area (Å²) in [4.78, 5) is 0.0229. The van der Waals surface area contributed by atoms with Crippen molar-refractivity contribution in [2.45, 2.75) is 4.90 Å².